The van der Waals surface area contributed by atoms with Crippen molar-refractivity contribution in [3.63, 3.8) is 0 Å². The van der Waals surface area contributed by atoms with Crippen LogP contribution in [0.15, 0.2) is 24.5 Å². The van der Waals surface area contributed by atoms with Gasteiger partial charge in [0.15, 0.2) is 5.65 Å². The van der Waals surface area contributed by atoms with Crippen molar-refractivity contribution in [3.8, 4) is 10.6 Å². The summed E-state index contributed by atoms with van der Waals surface area (Å²) >= 11 is 1.30. The second kappa shape index (κ2) is 6.29. The molecule has 0 aliphatic rings. The van der Waals surface area contributed by atoms with E-state index in [-0.39, 0.29) is 16.9 Å². The number of fused-ring (bicyclic) bond motifs is 1. The van der Waals surface area contributed by atoms with Gasteiger partial charge in [-0.05, 0) is 17.5 Å². The molecule has 3 heterocycles. The van der Waals surface area contributed by atoms with Crippen LogP contribution in [-0.2, 0) is 0 Å². The molecule has 25 heavy (non-hydrogen) atoms. The molecule has 0 aliphatic heterocycles. The highest BCUT2D eigenvalue weighted by molar-refractivity contribution is 7.17. The summed E-state index contributed by atoms with van der Waals surface area (Å²) in [6.45, 7) is 6.73. The number of rotatable bonds is 4. The van der Waals surface area contributed by atoms with Crippen molar-refractivity contribution in [1.29, 1.82) is 0 Å². The van der Waals surface area contributed by atoms with E-state index in [2.05, 4.69) is 41.0 Å². The molecule has 0 atom stereocenters. The third-order valence-corrected chi connectivity index (χ3v) is 4.58. The zero-order chi connectivity index (χ0) is 18.2. The van der Waals surface area contributed by atoms with E-state index in [1.165, 1.54) is 17.5 Å². The smallest absolute Gasteiger partial charge is 0.339 e. The monoisotopic (exact) mass is 358 g/mol. The molecule has 0 aromatic carbocycles. The quantitative estimate of drug-likeness (QED) is 0.664. The van der Waals surface area contributed by atoms with E-state index in [9.17, 15) is 14.7 Å². The van der Waals surface area contributed by atoms with Crippen molar-refractivity contribution in [2.45, 2.75) is 20.8 Å². The van der Waals surface area contributed by atoms with Gasteiger partial charge in [0.25, 0.3) is 5.91 Å². The largest absolute Gasteiger partial charge is 0.478 e. The third-order valence-electron chi connectivity index (χ3n) is 3.47. The van der Waals surface area contributed by atoms with Crippen LogP contribution in [0.5, 0.6) is 0 Å². The Bertz CT molecular complexity index is 952. The Labute approximate surface area is 148 Å². The molecule has 0 saturated carbocycles. The summed E-state index contributed by atoms with van der Waals surface area (Å²) in [5, 5.41) is 12.1. The summed E-state index contributed by atoms with van der Waals surface area (Å²) in [5.41, 5.74) is 1.34. The number of nitrogens with zero attached hydrogens (tertiary/aromatic N) is 2. The first-order valence-electron chi connectivity index (χ1n) is 7.70. The van der Waals surface area contributed by atoms with Gasteiger partial charge in [-0.1, -0.05) is 20.8 Å². The summed E-state index contributed by atoms with van der Waals surface area (Å²) in [4.78, 5) is 36.2. The lowest BCUT2D eigenvalue weighted by atomic mass is 9.97. The maximum absolute atomic E-state index is 12.2. The van der Waals surface area contributed by atoms with Crippen LogP contribution in [0, 0.1) is 5.41 Å². The fraction of sp³-hybridized carbons (Fsp3) is 0.294. The summed E-state index contributed by atoms with van der Waals surface area (Å²) < 4.78 is 0. The number of thiophene rings is 1. The second-order valence-electron chi connectivity index (χ2n) is 6.87. The summed E-state index contributed by atoms with van der Waals surface area (Å²) in [5.74, 6) is -1.20. The van der Waals surface area contributed by atoms with Crippen molar-refractivity contribution in [1.82, 2.24) is 20.3 Å². The highest BCUT2D eigenvalue weighted by Gasteiger charge is 2.17. The molecular formula is C17H18N4O3S. The first kappa shape index (κ1) is 17.1. The minimum atomic E-state index is -1.06. The average molecular weight is 358 g/mol. The van der Waals surface area contributed by atoms with Crippen molar-refractivity contribution < 1.29 is 14.7 Å². The first-order chi connectivity index (χ1) is 11.7. The molecule has 0 bridgehead atoms. The molecule has 0 unspecified atom stereocenters. The molecule has 3 N–H and O–H groups in total. The Morgan fingerprint density at radius 3 is 2.76 bits per heavy atom. The van der Waals surface area contributed by atoms with E-state index in [0.717, 1.165) is 4.88 Å². The highest BCUT2D eigenvalue weighted by Crippen LogP contribution is 2.28. The van der Waals surface area contributed by atoms with Gasteiger partial charge in [-0.15, -0.1) is 11.3 Å². The minimum absolute atomic E-state index is 0.00772. The van der Waals surface area contributed by atoms with Gasteiger partial charge in [-0.25, -0.2) is 14.8 Å². The lowest BCUT2D eigenvalue weighted by Gasteiger charge is -2.18. The topological polar surface area (TPSA) is 108 Å². The number of aromatic nitrogens is 3. The van der Waals surface area contributed by atoms with E-state index in [1.54, 1.807) is 18.3 Å². The van der Waals surface area contributed by atoms with Gasteiger partial charge >= 0.3 is 5.97 Å². The predicted molar refractivity (Wildman–Crippen MR) is 95.9 cm³/mol. The number of carbonyl (C=O) groups is 2. The standard InChI is InChI=1S/C17H18N4O3S/c1-17(2,3)8-20-15(22)12-5-4-11(25-12)10-7-19-14-13(21-10)9(6-18-14)16(23)24/h4-7H,8H2,1-3H3,(H,18,19)(H,20,22)(H,23,24). The molecule has 0 spiro atoms. The number of hydrogen-bond donors (Lipinski definition) is 3. The summed E-state index contributed by atoms with van der Waals surface area (Å²) in [6, 6.07) is 3.53. The lowest BCUT2D eigenvalue weighted by Crippen LogP contribution is -2.31. The molecule has 3 aromatic heterocycles. The Morgan fingerprint density at radius 1 is 1.32 bits per heavy atom. The molecule has 3 rings (SSSR count). The fourth-order valence-corrected chi connectivity index (χ4v) is 3.08. The number of aromatic carboxylic acids is 1. The fourth-order valence-electron chi connectivity index (χ4n) is 2.20. The average Bonchev–Trinajstić information content (AvgIpc) is 3.18. The number of hydrogen-bond acceptors (Lipinski definition) is 5. The van der Waals surface area contributed by atoms with Gasteiger partial charge in [0.1, 0.15) is 11.1 Å². The van der Waals surface area contributed by atoms with Gasteiger partial charge in [-0.2, -0.15) is 0 Å². The number of nitrogens with one attached hydrogen (secondary N) is 2. The van der Waals surface area contributed by atoms with E-state index in [1.807, 2.05) is 0 Å². The van der Waals surface area contributed by atoms with Crippen molar-refractivity contribution in [2.24, 2.45) is 5.41 Å². The van der Waals surface area contributed by atoms with Crippen molar-refractivity contribution >= 4 is 34.4 Å². The van der Waals surface area contributed by atoms with E-state index < -0.39 is 5.97 Å². The summed E-state index contributed by atoms with van der Waals surface area (Å²) in [6.07, 6.45) is 2.93. The van der Waals surface area contributed by atoms with Crippen LogP contribution in [-0.4, -0.2) is 38.5 Å². The Morgan fingerprint density at radius 2 is 2.08 bits per heavy atom. The lowest BCUT2D eigenvalue weighted by molar-refractivity contribution is 0.0698. The Balaban J connectivity index is 1.87. The van der Waals surface area contributed by atoms with E-state index >= 15 is 0 Å². The van der Waals surface area contributed by atoms with Crippen LogP contribution < -0.4 is 5.32 Å². The zero-order valence-corrected chi connectivity index (χ0v) is 14.9. The van der Waals surface area contributed by atoms with Crippen molar-refractivity contribution in [3.05, 3.63) is 35.0 Å². The maximum Gasteiger partial charge on any atom is 0.339 e. The first-order valence-corrected chi connectivity index (χ1v) is 8.52. The zero-order valence-electron chi connectivity index (χ0n) is 14.1. The van der Waals surface area contributed by atoms with Gasteiger partial charge in [0.05, 0.1) is 21.6 Å². The van der Waals surface area contributed by atoms with Crippen molar-refractivity contribution in [2.75, 3.05) is 6.54 Å². The number of aromatic amines is 1. The maximum atomic E-state index is 12.2. The van der Waals surface area contributed by atoms with Crippen LogP contribution in [0.1, 0.15) is 40.8 Å². The predicted octanol–water partition coefficient (Wildman–Crippen LogP) is 3.16. The third kappa shape index (κ3) is 3.69. The van der Waals surface area contributed by atoms with Crippen LogP contribution in [0.2, 0.25) is 0 Å². The van der Waals surface area contributed by atoms with E-state index in [4.69, 9.17) is 0 Å². The molecule has 130 valence electrons. The SMILES string of the molecule is CC(C)(C)CNC(=O)c1ccc(-c2cnc3[nH]cc(C(=O)O)c3n2)s1. The number of carboxylic acid groups (broad SMARTS) is 1. The molecule has 8 heteroatoms. The van der Waals surface area contributed by atoms with Crippen LogP contribution in [0.3, 0.4) is 0 Å². The van der Waals surface area contributed by atoms with E-state index in [0.29, 0.717) is 28.3 Å². The minimum Gasteiger partial charge on any atom is -0.478 e. The number of H-pyrrole nitrogens is 1. The van der Waals surface area contributed by atoms with Gasteiger partial charge in [0, 0.05) is 12.7 Å². The van der Waals surface area contributed by atoms with Gasteiger partial charge in [0.2, 0.25) is 0 Å². The number of carbonyl (C=O) groups excluding carboxylic acids is 1. The molecule has 3 aromatic rings. The van der Waals surface area contributed by atoms with Crippen LogP contribution in [0.25, 0.3) is 21.7 Å². The normalized spacial score (nSPS) is 11.6. The van der Waals surface area contributed by atoms with Crippen LogP contribution in [0.4, 0.5) is 0 Å². The Hall–Kier alpha value is -2.74. The van der Waals surface area contributed by atoms with Gasteiger partial charge in [-0.3, -0.25) is 4.79 Å². The van der Waals surface area contributed by atoms with Crippen LogP contribution >= 0.6 is 11.3 Å². The van der Waals surface area contributed by atoms with Gasteiger partial charge < -0.3 is 15.4 Å². The number of carboxylic acids is 1. The number of amides is 1. The summed E-state index contributed by atoms with van der Waals surface area (Å²) in [7, 11) is 0. The Kier molecular flexibility index (Phi) is 4.30. The molecule has 0 fully saturated rings. The highest BCUT2D eigenvalue weighted by atomic mass is 32.1. The molecule has 0 saturated heterocycles. The molecule has 1 amide bonds. The molecule has 0 radical (unpaired) electrons. The molecular weight excluding hydrogens is 340 g/mol. The molecule has 0 aliphatic carbocycles. The second-order valence-corrected chi connectivity index (χ2v) is 7.95. The molecule has 7 nitrogen and oxygen atoms in total.